The van der Waals surface area contributed by atoms with Crippen molar-refractivity contribution in [3.63, 3.8) is 0 Å². The van der Waals surface area contributed by atoms with Gasteiger partial charge in [0.15, 0.2) is 11.5 Å². The quantitative estimate of drug-likeness (QED) is 0.357. The van der Waals surface area contributed by atoms with Crippen LogP contribution in [-0.2, 0) is 9.59 Å². The van der Waals surface area contributed by atoms with E-state index in [0.29, 0.717) is 34.4 Å². The van der Waals surface area contributed by atoms with Gasteiger partial charge in [-0.15, -0.1) is 0 Å². The zero-order valence-electron chi connectivity index (χ0n) is 17.7. The second-order valence-corrected chi connectivity index (χ2v) is 7.29. The number of aliphatic hydroxyl groups is 1. The number of nitrogens with zero attached hydrogens (tertiary/aromatic N) is 1. The van der Waals surface area contributed by atoms with Gasteiger partial charge in [0.2, 0.25) is 6.79 Å². The standard InChI is InChI=1S/C24H19NO8/c1-29-14-6-8-16(30-2)15(11-14)22(26)20-21(18-4-3-9-31-18)25(24(28)23(20)27)13-5-7-17-19(10-13)33-12-32-17/h3-11,21,26H,12H2,1-2H3/b22-20-. The summed E-state index contributed by atoms with van der Waals surface area (Å²) in [6, 6.07) is 11.9. The van der Waals surface area contributed by atoms with Gasteiger partial charge in [-0.05, 0) is 42.5 Å². The lowest BCUT2D eigenvalue weighted by molar-refractivity contribution is -0.132. The molecule has 0 aliphatic carbocycles. The Labute approximate surface area is 188 Å². The molecule has 3 heterocycles. The molecule has 1 fully saturated rings. The molecule has 0 saturated carbocycles. The molecule has 1 N–H and O–H groups in total. The number of methoxy groups -OCH3 is 2. The van der Waals surface area contributed by atoms with E-state index in [1.165, 1.54) is 31.4 Å². The van der Waals surface area contributed by atoms with E-state index in [2.05, 4.69) is 0 Å². The first kappa shape index (κ1) is 20.5. The second kappa shape index (κ2) is 7.94. The molecular formula is C24H19NO8. The molecule has 3 aromatic rings. The summed E-state index contributed by atoms with van der Waals surface area (Å²) in [6.07, 6.45) is 1.43. The van der Waals surface area contributed by atoms with Gasteiger partial charge >= 0.3 is 0 Å². The molecule has 0 radical (unpaired) electrons. The molecule has 2 aromatic carbocycles. The number of Topliss-reactive ketones (excluding diaryl/α,β-unsaturated/α-hetero) is 1. The molecule has 2 aliphatic rings. The van der Waals surface area contributed by atoms with Crippen molar-refractivity contribution in [2.24, 2.45) is 0 Å². The summed E-state index contributed by atoms with van der Waals surface area (Å²) in [4.78, 5) is 27.7. The third-order valence-corrected chi connectivity index (χ3v) is 5.55. The van der Waals surface area contributed by atoms with E-state index in [9.17, 15) is 14.7 Å². The smallest absolute Gasteiger partial charge is 0.300 e. The van der Waals surface area contributed by atoms with E-state index in [4.69, 9.17) is 23.4 Å². The van der Waals surface area contributed by atoms with Crippen LogP contribution in [0.1, 0.15) is 17.4 Å². The highest BCUT2D eigenvalue weighted by Gasteiger charge is 2.48. The Morgan fingerprint density at radius 1 is 1.03 bits per heavy atom. The summed E-state index contributed by atoms with van der Waals surface area (Å²) in [5.74, 6) is -0.0649. The minimum atomic E-state index is -1.02. The van der Waals surface area contributed by atoms with Gasteiger partial charge in [-0.2, -0.15) is 0 Å². The number of rotatable bonds is 5. The van der Waals surface area contributed by atoms with Crippen molar-refractivity contribution in [3.05, 3.63) is 71.7 Å². The van der Waals surface area contributed by atoms with Crippen molar-refractivity contribution in [2.75, 3.05) is 25.9 Å². The third-order valence-electron chi connectivity index (χ3n) is 5.55. The minimum Gasteiger partial charge on any atom is -0.507 e. The predicted octanol–water partition coefficient (Wildman–Crippen LogP) is 3.65. The van der Waals surface area contributed by atoms with Crippen LogP contribution in [0.4, 0.5) is 5.69 Å². The van der Waals surface area contributed by atoms with Gasteiger partial charge in [-0.25, -0.2) is 0 Å². The lowest BCUT2D eigenvalue weighted by Crippen LogP contribution is -2.29. The molecular weight excluding hydrogens is 430 g/mol. The first-order valence-corrected chi connectivity index (χ1v) is 10.00. The molecule has 5 rings (SSSR count). The van der Waals surface area contributed by atoms with E-state index >= 15 is 0 Å². The van der Waals surface area contributed by atoms with E-state index in [1.807, 2.05) is 0 Å². The van der Waals surface area contributed by atoms with Gasteiger partial charge in [0.25, 0.3) is 11.7 Å². The van der Waals surface area contributed by atoms with Gasteiger partial charge in [0.1, 0.15) is 29.1 Å². The Bertz CT molecular complexity index is 1280. The molecule has 0 spiro atoms. The van der Waals surface area contributed by atoms with E-state index in [1.54, 1.807) is 42.5 Å². The average Bonchev–Trinajstić information content (AvgIpc) is 3.58. The van der Waals surface area contributed by atoms with Crippen LogP contribution in [0.15, 0.2) is 64.8 Å². The normalized spacial score (nSPS) is 18.6. The van der Waals surface area contributed by atoms with Crippen LogP contribution in [0.2, 0.25) is 0 Å². The van der Waals surface area contributed by atoms with Crippen LogP contribution in [0.25, 0.3) is 5.76 Å². The lowest BCUT2D eigenvalue weighted by Gasteiger charge is -2.23. The van der Waals surface area contributed by atoms with E-state index < -0.39 is 23.5 Å². The van der Waals surface area contributed by atoms with Crippen molar-refractivity contribution >= 4 is 23.1 Å². The van der Waals surface area contributed by atoms with E-state index in [0.717, 1.165) is 0 Å². The molecule has 2 aliphatic heterocycles. The molecule has 33 heavy (non-hydrogen) atoms. The highest BCUT2D eigenvalue weighted by molar-refractivity contribution is 6.51. The SMILES string of the molecule is COc1ccc(OC)c(/C(O)=C2/C(=O)C(=O)N(c3ccc4c(c3)OCO4)C2c2ccco2)c1. The third kappa shape index (κ3) is 3.25. The Kier molecular flexibility index (Phi) is 4.93. The second-order valence-electron chi connectivity index (χ2n) is 7.29. The number of furan rings is 1. The Morgan fingerprint density at radius 2 is 1.85 bits per heavy atom. The van der Waals surface area contributed by atoms with Gasteiger partial charge in [0.05, 0.1) is 31.6 Å². The van der Waals surface area contributed by atoms with E-state index in [-0.39, 0.29) is 17.9 Å². The number of anilines is 1. The topological polar surface area (TPSA) is 108 Å². The molecule has 1 aromatic heterocycles. The number of aliphatic hydroxyl groups excluding tert-OH is 1. The molecule has 1 unspecified atom stereocenters. The highest BCUT2D eigenvalue weighted by Crippen LogP contribution is 2.46. The number of hydrogen-bond acceptors (Lipinski definition) is 8. The first-order chi connectivity index (χ1) is 16.0. The number of benzene rings is 2. The van der Waals surface area contributed by atoms with Crippen LogP contribution in [0.3, 0.4) is 0 Å². The van der Waals surface area contributed by atoms with Gasteiger partial charge in [-0.3, -0.25) is 14.5 Å². The molecule has 1 saturated heterocycles. The maximum Gasteiger partial charge on any atom is 0.300 e. The molecule has 9 heteroatoms. The molecule has 1 amide bonds. The Balaban J connectivity index is 1.71. The fourth-order valence-electron chi connectivity index (χ4n) is 3.99. The fourth-order valence-corrected chi connectivity index (χ4v) is 3.99. The summed E-state index contributed by atoms with van der Waals surface area (Å²) in [5, 5.41) is 11.3. The molecule has 1 atom stereocenters. The summed E-state index contributed by atoms with van der Waals surface area (Å²) in [5.41, 5.74) is 0.454. The minimum absolute atomic E-state index is 0.0643. The monoisotopic (exact) mass is 449 g/mol. The average molecular weight is 449 g/mol. The number of carbonyl (C=O) groups is 2. The van der Waals surface area contributed by atoms with Gasteiger partial charge < -0.3 is 28.5 Å². The van der Waals surface area contributed by atoms with Crippen molar-refractivity contribution in [2.45, 2.75) is 6.04 Å². The summed E-state index contributed by atoms with van der Waals surface area (Å²) < 4.78 is 27.0. The van der Waals surface area contributed by atoms with Crippen LogP contribution in [0, 0.1) is 0 Å². The first-order valence-electron chi connectivity index (χ1n) is 10.00. The molecule has 168 valence electrons. The van der Waals surface area contributed by atoms with Crippen molar-refractivity contribution in [1.29, 1.82) is 0 Å². The van der Waals surface area contributed by atoms with Crippen molar-refractivity contribution in [1.82, 2.24) is 0 Å². The van der Waals surface area contributed by atoms with Crippen LogP contribution < -0.4 is 23.8 Å². The number of fused-ring (bicyclic) bond motifs is 1. The van der Waals surface area contributed by atoms with Crippen molar-refractivity contribution < 1.29 is 38.1 Å². The van der Waals surface area contributed by atoms with Crippen LogP contribution in [-0.4, -0.2) is 37.8 Å². The number of amides is 1. The Hall–Kier alpha value is -4.40. The number of hydrogen-bond donors (Lipinski definition) is 1. The summed E-state index contributed by atoms with van der Waals surface area (Å²) >= 11 is 0. The lowest BCUT2D eigenvalue weighted by atomic mass is 9.98. The maximum absolute atomic E-state index is 13.2. The van der Waals surface area contributed by atoms with Crippen LogP contribution >= 0.6 is 0 Å². The van der Waals surface area contributed by atoms with Gasteiger partial charge in [-0.1, -0.05) is 0 Å². The summed E-state index contributed by atoms with van der Waals surface area (Å²) in [6.45, 7) is 0.0643. The molecule has 0 bridgehead atoms. The van der Waals surface area contributed by atoms with Crippen molar-refractivity contribution in [3.8, 4) is 23.0 Å². The number of carbonyl (C=O) groups excluding carboxylic acids is 2. The number of ketones is 1. The Morgan fingerprint density at radius 3 is 2.58 bits per heavy atom. The van der Waals surface area contributed by atoms with Gasteiger partial charge in [0, 0.05) is 11.8 Å². The highest BCUT2D eigenvalue weighted by atomic mass is 16.7. The summed E-state index contributed by atoms with van der Waals surface area (Å²) in [7, 11) is 2.92. The number of ether oxygens (including phenoxy) is 4. The predicted molar refractivity (Wildman–Crippen MR) is 116 cm³/mol. The largest absolute Gasteiger partial charge is 0.507 e. The molecule has 9 nitrogen and oxygen atoms in total. The van der Waals surface area contributed by atoms with Crippen LogP contribution in [0.5, 0.6) is 23.0 Å². The zero-order chi connectivity index (χ0) is 23.1. The maximum atomic E-state index is 13.2. The zero-order valence-corrected chi connectivity index (χ0v) is 17.7. The fraction of sp³-hybridized carbons (Fsp3) is 0.167.